The molecule has 0 bridgehead atoms. The second-order valence-electron chi connectivity index (χ2n) is 3.86. The van der Waals surface area contributed by atoms with Gasteiger partial charge in [0.2, 0.25) is 0 Å². The van der Waals surface area contributed by atoms with Crippen molar-refractivity contribution in [1.29, 1.82) is 5.41 Å². The van der Waals surface area contributed by atoms with E-state index in [9.17, 15) is 0 Å². The van der Waals surface area contributed by atoms with Crippen molar-refractivity contribution < 1.29 is 0 Å². The monoisotopic (exact) mass is 223 g/mol. The van der Waals surface area contributed by atoms with Crippen molar-refractivity contribution in [3.63, 3.8) is 0 Å². The van der Waals surface area contributed by atoms with Gasteiger partial charge in [-0.05, 0) is 12.6 Å². The third-order valence-electron chi connectivity index (χ3n) is 2.46. The third-order valence-corrected chi connectivity index (χ3v) is 2.46. The fourth-order valence-corrected chi connectivity index (χ4v) is 1.41. The maximum atomic E-state index is 7.04. The molecule has 0 radical (unpaired) electrons. The quantitative estimate of drug-likeness (QED) is 0.325. The van der Waals surface area contributed by atoms with E-state index in [2.05, 4.69) is 18.5 Å². The number of hydrogen-bond acceptors (Lipinski definition) is 2. The predicted molar refractivity (Wildman–Crippen MR) is 72.4 cm³/mol. The number of hydrogen-bond donors (Lipinski definition) is 1. The summed E-state index contributed by atoms with van der Waals surface area (Å²) in [6, 6.07) is 0. The minimum atomic E-state index is 0.656. The first kappa shape index (κ1) is 14.9. The van der Waals surface area contributed by atoms with Crippen molar-refractivity contribution in [2.75, 3.05) is 13.1 Å². The summed E-state index contributed by atoms with van der Waals surface area (Å²) in [5.74, 6) is 0. The van der Waals surface area contributed by atoms with Crippen molar-refractivity contribution in [3.8, 4) is 0 Å². The highest BCUT2D eigenvalue weighted by Crippen LogP contribution is 2.04. The van der Waals surface area contributed by atoms with Gasteiger partial charge in [-0.25, -0.2) is 0 Å². The summed E-state index contributed by atoms with van der Waals surface area (Å²) in [6.07, 6.45) is 12.6. The lowest BCUT2D eigenvalue weighted by atomic mass is 10.1. The molecule has 0 fully saturated rings. The molecule has 0 atom stereocenters. The Bertz CT molecular complexity index is 191. The van der Waals surface area contributed by atoms with Crippen LogP contribution in [0.2, 0.25) is 0 Å². The summed E-state index contributed by atoms with van der Waals surface area (Å²) in [4.78, 5) is 5.99. The van der Waals surface area contributed by atoms with Gasteiger partial charge in [-0.1, -0.05) is 45.6 Å². The van der Waals surface area contributed by atoms with E-state index in [1.807, 2.05) is 6.21 Å². The SMILES string of the molecule is C=CN(C=N)CC=NCCCCCCCC. The Morgan fingerprint density at radius 3 is 2.50 bits per heavy atom. The van der Waals surface area contributed by atoms with E-state index in [1.54, 1.807) is 11.1 Å². The van der Waals surface area contributed by atoms with Crippen LogP contribution in [0.4, 0.5) is 0 Å². The molecule has 0 aliphatic carbocycles. The zero-order chi connectivity index (χ0) is 12.1. The molecule has 1 N–H and O–H groups in total. The largest absolute Gasteiger partial charge is 0.335 e. The minimum Gasteiger partial charge on any atom is -0.335 e. The molecule has 0 aliphatic heterocycles. The molecule has 0 unspecified atom stereocenters. The van der Waals surface area contributed by atoms with Crippen LogP contribution in [-0.4, -0.2) is 30.5 Å². The van der Waals surface area contributed by atoms with Crippen molar-refractivity contribution in [2.24, 2.45) is 4.99 Å². The summed E-state index contributed by atoms with van der Waals surface area (Å²) in [7, 11) is 0. The minimum absolute atomic E-state index is 0.656. The van der Waals surface area contributed by atoms with Gasteiger partial charge in [0.15, 0.2) is 0 Å². The van der Waals surface area contributed by atoms with E-state index in [1.165, 1.54) is 44.9 Å². The molecule has 0 saturated heterocycles. The Hall–Kier alpha value is -1.12. The van der Waals surface area contributed by atoms with Crippen LogP contribution >= 0.6 is 0 Å². The molecular weight excluding hydrogens is 198 g/mol. The number of rotatable bonds is 11. The number of nitrogens with zero attached hydrogens (tertiary/aromatic N) is 2. The van der Waals surface area contributed by atoms with Crippen LogP contribution in [0.25, 0.3) is 0 Å². The molecule has 0 aromatic rings. The first-order valence-electron chi connectivity index (χ1n) is 6.22. The normalized spacial score (nSPS) is 10.6. The van der Waals surface area contributed by atoms with Gasteiger partial charge in [0, 0.05) is 12.8 Å². The van der Waals surface area contributed by atoms with Gasteiger partial charge in [0.1, 0.15) is 0 Å². The molecule has 0 saturated carbocycles. The van der Waals surface area contributed by atoms with Gasteiger partial charge in [-0.15, -0.1) is 0 Å². The van der Waals surface area contributed by atoms with E-state index >= 15 is 0 Å². The molecule has 92 valence electrons. The first-order chi connectivity index (χ1) is 7.85. The number of unbranched alkanes of at least 4 members (excludes halogenated alkanes) is 5. The van der Waals surface area contributed by atoms with E-state index in [0.29, 0.717) is 6.54 Å². The topological polar surface area (TPSA) is 39.5 Å². The summed E-state index contributed by atoms with van der Waals surface area (Å²) >= 11 is 0. The molecule has 0 spiro atoms. The fraction of sp³-hybridized carbons (Fsp3) is 0.692. The van der Waals surface area contributed by atoms with Crippen molar-refractivity contribution in [1.82, 2.24) is 4.90 Å². The van der Waals surface area contributed by atoms with E-state index < -0.39 is 0 Å². The van der Waals surface area contributed by atoms with Crippen LogP contribution < -0.4 is 0 Å². The molecule has 0 aromatic heterocycles. The molecule has 3 nitrogen and oxygen atoms in total. The first-order valence-corrected chi connectivity index (χ1v) is 6.22. The Morgan fingerprint density at radius 2 is 1.88 bits per heavy atom. The second-order valence-corrected chi connectivity index (χ2v) is 3.86. The Labute approximate surface area is 99.8 Å². The van der Waals surface area contributed by atoms with Crippen molar-refractivity contribution >= 4 is 12.6 Å². The van der Waals surface area contributed by atoms with Crippen LogP contribution in [0.1, 0.15) is 45.4 Å². The molecule has 0 aliphatic rings. The van der Waals surface area contributed by atoms with E-state index in [0.717, 1.165) is 6.54 Å². The van der Waals surface area contributed by atoms with Crippen molar-refractivity contribution in [3.05, 3.63) is 12.8 Å². The average molecular weight is 223 g/mol. The lowest BCUT2D eigenvalue weighted by Crippen LogP contribution is -2.16. The zero-order valence-electron chi connectivity index (χ0n) is 10.5. The van der Waals surface area contributed by atoms with Gasteiger partial charge in [-0.2, -0.15) is 0 Å². The van der Waals surface area contributed by atoms with E-state index in [-0.39, 0.29) is 0 Å². The van der Waals surface area contributed by atoms with Crippen LogP contribution in [0, 0.1) is 5.41 Å². The van der Waals surface area contributed by atoms with Gasteiger partial charge in [0.05, 0.1) is 12.9 Å². The molecule has 0 rings (SSSR count). The van der Waals surface area contributed by atoms with Gasteiger partial charge in [0.25, 0.3) is 0 Å². The van der Waals surface area contributed by atoms with Crippen LogP contribution in [0.3, 0.4) is 0 Å². The Balaban J connectivity index is 3.27. The maximum absolute atomic E-state index is 7.04. The van der Waals surface area contributed by atoms with Crippen LogP contribution in [-0.2, 0) is 0 Å². The summed E-state index contributed by atoms with van der Waals surface area (Å²) in [6.45, 7) is 7.40. The predicted octanol–water partition coefficient (Wildman–Crippen LogP) is 3.47. The van der Waals surface area contributed by atoms with Gasteiger partial charge >= 0.3 is 0 Å². The molecule has 16 heavy (non-hydrogen) atoms. The highest BCUT2D eigenvalue weighted by atomic mass is 15.1. The lowest BCUT2D eigenvalue weighted by molar-refractivity contribution is 0.611. The highest BCUT2D eigenvalue weighted by Gasteiger charge is 1.90. The van der Waals surface area contributed by atoms with E-state index in [4.69, 9.17) is 5.41 Å². The summed E-state index contributed by atoms with van der Waals surface area (Å²) < 4.78 is 0. The lowest BCUT2D eigenvalue weighted by Gasteiger charge is -2.08. The van der Waals surface area contributed by atoms with Gasteiger partial charge in [-0.3, -0.25) is 10.4 Å². The second kappa shape index (κ2) is 12.0. The Morgan fingerprint density at radius 1 is 1.19 bits per heavy atom. The fourth-order valence-electron chi connectivity index (χ4n) is 1.41. The number of nitrogens with one attached hydrogen (secondary N) is 1. The third kappa shape index (κ3) is 9.44. The van der Waals surface area contributed by atoms with Crippen LogP contribution in [0.5, 0.6) is 0 Å². The molecule has 0 heterocycles. The average Bonchev–Trinajstić information content (AvgIpc) is 2.32. The van der Waals surface area contributed by atoms with Crippen molar-refractivity contribution in [2.45, 2.75) is 45.4 Å². The smallest absolute Gasteiger partial charge is 0.0860 e. The summed E-state index contributed by atoms with van der Waals surface area (Å²) in [5, 5.41) is 7.04. The Kier molecular flexibility index (Phi) is 11.1. The number of aliphatic imine (C=N–C) groups is 1. The zero-order valence-corrected chi connectivity index (χ0v) is 10.5. The molecule has 3 heteroatoms. The summed E-state index contributed by atoms with van der Waals surface area (Å²) in [5.41, 5.74) is 0. The molecular formula is C13H25N3. The standard InChI is InChI=1S/C13H25N3/c1-3-5-6-7-8-9-10-15-11-12-16(4-2)13-14/h4,11,13-14H,2-3,5-10,12H2,1H3. The molecule has 0 aromatic carbocycles. The van der Waals surface area contributed by atoms with Gasteiger partial charge < -0.3 is 4.90 Å². The highest BCUT2D eigenvalue weighted by molar-refractivity contribution is 5.65. The molecule has 0 amide bonds. The maximum Gasteiger partial charge on any atom is 0.0860 e. The van der Waals surface area contributed by atoms with Crippen LogP contribution in [0.15, 0.2) is 17.8 Å².